The van der Waals surface area contributed by atoms with E-state index in [9.17, 15) is 13.6 Å². The summed E-state index contributed by atoms with van der Waals surface area (Å²) >= 11 is 0. The molecule has 1 aromatic carbocycles. The van der Waals surface area contributed by atoms with Gasteiger partial charge in [0.1, 0.15) is 17.3 Å². The van der Waals surface area contributed by atoms with Crippen molar-refractivity contribution in [1.82, 2.24) is 0 Å². The Bertz CT molecular complexity index is 429. The van der Waals surface area contributed by atoms with Crippen molar-refractivity contribution in [2.75, 3.05) is 18.0 Å². The molecular weight excluding hydrogens is 252 g/mol. The van der Waals surface area contributed by atoms with Gasteiger partial charge in [0.2, 0.25) is 0 Å². The van der Waals surface area contributed by atoms with Crippen molar-refractivity contribution in [3.8, 4) is 0 Å². The van der Waals surface area contributed by atoms with Gasteiger partial charge in [-0.15, -0.1) is 0 Å². The van der Waals surface area contributed by atoms with Crippen LogP contribution in [0.15, 0.2) is 18.2 Å². The van der Waals surface area contributed by atoms with E-state index >= 15 is 0 Å². The maximum Gasteiger partial charge on any atom is 0.308 e. The molecule has 106 valence electrons. The molecular formula is C14H19F2NO2. The van der Waals surface area contributed by atoms with E-state index in [2.05, 4.69) is 0 Å². The Balaban J connectivity index is 3.06. The normalized spacial score (nSPS) is 12.5. The third-order valence-electron chi connectivity index (χ3n) is 2.76. The number of benzene rings is 1. The molecule has 0 spiro atoms. The third-order valence-corrected chi connectivity index (χ3v) is 2.76. The number of para-hydroxylation sites is 1. The van der Waals surface area contributed by atoms with Crippen LogP contribution in [0.3, 0.4) is 0 Å². The third kappa shape index (κ3) is 4.19. The summed E-state index contributed by atoms with van der Waals surface area (Å²) in [6.45, 7) is 5.82. The summed E-state index contributed by atoms with van der Waals surface area (Å²) in [5, 5.41) is 8.94. The first-order valence-electron chi connectivity index (χ1n) is 6.24. The number of carbonyl (C=O) groups is 1. The fourth-order valence-corrected chi connectivity index (χ4v) is 1.90. The quantitative estimate of drug-likeness (QED) is 0.864. The minimum atomic E-state index is -0.981. The summed E-state index contributed by atoms with van der Waals surface area (Å²) in [5.74, 6) is -2.85. The van der Waals surface area contributed by atoms with Crippen LogP contribution in [0, 0.1) is 23.5 Å². The Labute approximate surface area is 111 Å². The highest BCUT2D eigenvalue weighted by molar-refractivity contribution is 5.70. The Morgan fingerprint density at radius 3 is 2.16 bits per heavy atom. The van der Waals surface area contributed by atoms with Gasteiger partial charge < -0.3 is 10.0 Å². The van der Waals surface area contributed by atoms with E-state index in [1.807, 2.05) is 13.8 Å². The first-order chi connectivity index (χ1) is 8.82. The van der Waals surface area contributed by atoms with Gasteiger partial charge >= 0.3 is 5.97 Å². The molecule has 0 radical (unpaired) electrons. The fraction of sp³-hybridized carbons (Fsp3) is 0.500. The van der Waals surface area contributed by atoms with E-state index in [1.54, 1.807) is 0 Å². The van der Waals surface area contributed by atoms with Gasteiger partial charge in [0.25, 0.3) is 0 Å². The zero-order valence-corrected chi connectivity index (χ0v) is 11.4. The van der Waals surface area contributed by atoms with Gasteiger partial charge in [-0.25, -0.2) is 8.78 Å². The first kappa shape index (κ1) is 15.4. The topological polar surface area (TPSA) is 40.5 Å². The van der Waals surface area contributed by atoms with Crippen LogP contribution in [0.1, 0.15) is 20.8 Å². The summed E-state index contributed by atoms with van der Waals surface area (Å²) in [7, 11) is 0. The Morgan fingerprint density at radius 2 is 1.74 bits per heavy atom. The number of anilines is 1. The fourth-order valence-electron chi connectivity index (χ4n) is 1.90. The van der Waals surface area contributed by atoms with Crippen molar-refractivity contribution in [2.45, 2.75) is 20.8 Å². The van der Waals surface area contributed by atoms with Gasteiger partial charge in [-0.1, -0.05) is 26.8 Å². The maximum absolute atomic E-state index is 13.8. The SMILES string of the molecule is CC(C)CN(CC(C)C(=O)O)c1c(F)cccc1F. The number of hydrogen-bond donors (Lipinski definition) is 1. The molecule has 1 rings (SSSR count). The van der Waals surface area contributed by atoms with E-state index in [0.29, 0.717) is 6.54 Å². The second-order valence-corrected chi connectivity index (χ2v) is 5.11. The molecule has 19 heavy (non-hydrogen) atoms. The minimum absolute atomic E-state index is 0.0748. The lowest BCUT2D eigenvalue weighted by atomic mass is 10.1. The van der Waals surface area contributed by atoms with E-state index in [4.69, 9.17) is 5.11 Å². The van der Waals surface area contributed by atoms with Crippen LogP contribution in [0.25, 0.3) is 0 Å². The van der Waals surface area contributed by atoms with E-state index in [1.165, 1.54) is 30.0 Å². The van der Waals surface area contributed by atoms with Gasteiger partial charge in [0, 0.05) is 13.1 Å². The number of carboxylic acid groups (broad SMARTS) is 1. The second kappa shape index (κ2) is 6.50. The van der Waals surface area contributed by atoms with Crippen molar-refractivity contribution in [3.63, 3.8) is 0 Å². The Kier molecular flexibility index (Phi) is 5.27. The van der Waals surface area contributed by atoms with Crippen LogP contribution >= 0.6 is 0 Å². The highest BCUT2D eigenvalue weighted by atomic mass is 19.1. The lowest BCUT2D eigenvalue weighted by Crippen LogP contribution is -2.35. The van der Waals surface area contributed by atoms with Crippen molar-refractivity contribution >= 4 is 11.7 Å². The largest absolute Gasteiger partial charge is 0.481 e. The molecule has 0 heterocycles. The van der Waals surface area contributed by atoms with E-state index in [-0.39, 0.29) is 18.2 Å². The molecule has 0 aliphatic rings. The molecule has 0 bridgehead atoms. The molecule has 0 fully saturated rings. The number of hydrogen-bond acceptors (Lipinski definition) is 2. The summed E-state index contributed by atoms with van der Waals surface area (Å²) in [5.41, 5.74) is -0.149. The second-order valence-electron chi connectivity index (χ2n) is 5.11. The molecule has 0 saturated heterocycles. The molecule has 0 aliphatic carbocycles. The lowest BCUT2D eigenvalue weighted by Gasteiger charge is -2.28. The Hall–Kier alpha value is -1.65. The van der Waals surface area contributed by atoms with Gasteiger partial charge in [-0.05, 0) is 18.1 Å². The van der Waals surface area contributed by atoms with Crippen molar-refractivity contribution in [3.05, 3.63) is 29.8 Å². The molecule has 5 heteroatoms. The maximum atomic E-state index is 13.8. The van der Waals surface area contributed by atoms with Crippen LogP contribution in [0.4, 0.5) is 14.5 Å². The van der Waals surface area contributed by atoms with Gasteiger partial charge in [-0.2, -0.15) is 0 Å². The first-order valence-corrected chi connectivity index (χ1v) is 6.24. The van der Waals surface area contributed by atoms with Crippen LogP contribution in [0.2, 0.25) is 0 Å². The average Bonchev–Trinajstić information content (AvgIpc) is 2.27. The molecule has 0 saturated carbocycles. The molecule has 0 amide bonds. The monoisotopic (exact) mass is 271 g/mol. The highest BCUT2D eigenvalue weighted by Gasteiger charge is 2.22. The molecule has 1 atom stereocenters. The number of rotatable bonds is 6. The molecule has 1 N–H and O–H groups in total. The molecule has 0 aromatic heterocycles. The lowest BCUT2D eigenvalue weighted by molar-refractivity contribution is -0.140. The van der Waals surface area contributed by atoms with Crippen molar-refractivity contribution in [2.24, 2.45) is 11.8 Å². The summed E-state index contributed by atoms with van der Waals surface area (Å²) in [6.07, 6.45) is 0. The number of carboxylic acids is 1. The zero-order valence-electron chi connectivity index (χ0n) is 11.4. The Morgan fingerprint density at radius 1 is 1.21 bits per heavy atom. The number of nitrogens with zero attached hydrogens (tertiary/aromatic N) is 1. The number of halogens is 2. The molecule has 3 nitrogen and oxygen atoms in total. The molecule has 1 aromatic rings. The van der Waals surface area contributed by atoms with Crippen LogP contribution < -0.4 is 4.90 Å². The van der Waals surface area contributed by atoms with Gasteiger partial charge in [0.05, 0.1) is 5.92 Å². The average molecular weight is 271 g/mol. The standard InChI is InChI=1S/C14H19F2NO2/c1-9(2)7-17(8-10(3)14(18)19)13-11(15)5-4-6-12(13)16/h4-6,9-10H,7-8H2,1-3H3,(H,18,19). The predicted octanol–water partition coefficient (Wildman–Crippen LogP) is 3.15. The smallest absolute Gasteiger partial charge is 0.308 e. The zero-order chi connectivity index (χ0) is 14.6. The molecule has 0 aliphatic heterocycles. The van der Waals surface area contributed by atoms with Crippen molar-refractivity contribution in [1.29, 1.82) is 0 Å². The summed E-state index contributed by atoms with van der Waals surface area (Å²) < 4.78 is 27.5. The summed E-state index contributed by atoms with van der Waals surface area (Å²) in [6, 6.07) is 3.65. The number of aliphatic carboxylic acids is 1. The van der Waals surface area contributed by atoms with Crippen molar-refractivity contribution < 1.29 is 18.7 Å². The van der Waals surface area contributed by atoms with Gasteiger partial charge in [0.15, 0.2) is 0 Å². The highest BCUT2D eigenvalue weighted by Crippen LogP contribution is 2.25. The molecule has 1 unspecified atom stereocenters. The predicted molar refractivity (Wildman–Crippen MR) is 70.2 cm³/mol. The van der Waals surface area contributed by atoms with Crippen LogP contribution in [-0.4, -0.2) is 24.2 Å². The van der Waals surface area contributed by atoms with E-state index in [0.717, 1.165) is 0 Å². The van der Waals surface area contributed by atoms with Gasteiger partial charge in [-0.3, -0.25) is 4.79 Å². The van der Waals surface area contributed by atoms with Crippen LogP contribution in [-0.2, 0) is 4.79 Å². The van der Waals surface area contributed by atoms with E-state index < -0.39 is 23.5 Å². The minimum Gasteiger partial charge on any atom is -0.481 e. The van der Waals surface area contributed by atoms with Crippen LogP contribution in [0.5, 0.6) is 0 Å². The summed E-state index contributed by atoms with van der Waals surface area (Å²) in [4.78, 5) is 12.4.